The molecule has 9 heteroatoms. The van der Waals surface area contributed by atoms with Crippen LogP contribution in [0.4, 0.5) is 5.82 Å². The molecule has 1 aromatic heterocycles. The molecule has 1 aliphatic heterocycles. The normalized spacial score (nSPS) is 19.1. The minimum absolute atomic E-state index is 0.00894. The van der Waals surface area contributed by atoms with Crippen molar-refractivity contribution in [3.05, 3.63) is 46.6 Å². The van der Waals surface area contributed by atoms with Crippen LogP contribution in [0.2, 0.25) is 5.15 Å². The molecular formula is C28H38ClN5O2S. The van der Waals surface area contributed by atoms with Gasteiger partial charge in [0, 0.05) is 43.3 Å². The van der Waals surface area contributed by atoms with E-state index < -0.39 is 0 Å². The van der Waals surface area contributed by atoms with Crippen LogP contribution in [0.5, 0.6) is 0 Å². The molecule has 2 heterocycles. The van der Waals surface area contributed by atoms with Gasteiger partial charge in [0.15, 0.2) is 5.16 Å². The van der Waals surface area contributed by atoms with Crippen LogP contribution in [-0.4, -0.2) is 64.2 Å². The van der Waals surface area contributed by atoms with Gasteiger partial charge in [-0.25, -0.2) is 9.97 Å². The van der Waals surface area contributed by atoms with Crippen molar-refractivity contribution >= 4 is 41.0 Å². The molecule has 2 aliphatic rings. The molecule has 1 aliphatic carbocycles. The van der Waals surface area contributed by atoms with Gasteiger partial charge in [-0.2, -0.15) is 0 Å². The number of aromatic nitrogens is 2. The fourth-order valence-corrected chi connectivity index (χ4v) is 5.90. The van der Waals surface area contributed by atoms with E-state index in [0.717, 1.165) is 18.7 Å². The summed E-state index contributed by atoms with van der Waals surface area (Å²) in [5.41, 5.74) is 1.97. The molecule has 2 fully saturated rings. The molecule has 0 radical (unpaired) electrons. The first-order chi connectivity index (χ1) is 17.6. The maximum absolute atomic E-state index is 13.2. The molecule has 4 rings (SSSR count). The molecule has 37 heavy (non-hydrogen) atoms. The second-order valence-electron chi connectivity index (χ2n) is 11.1. The van der Waals surface area contributed by atoms with Crippen molar-refractivity contribution in [2.24, 2.45) is 0 Å². The lowest BCUT2D eigenvalue weighted by atomic mass is 9.86. The molecule has 7 nitrogen and oxygen atoms in total. The van der Waals surface area contributed by atoms with Crippen LogP contribution in [0.3, 0.4) is 0 Å². The van der Waals surface area contributed by atoms with Crippen molar-refractivity contribution in [3.63, 3.8) is 0 Å². The van der Waals surface area contributed by atoms with Gasteiger partial charge in [0.25, 0.3) is 5.91 Å². The third-order valence-electron chi connectivity index (χ3n) is 7.17. The number of nitrogens with zero attached hydrogens (tertiary/aromatic N) is 4. The Morgan fingerprint density at radius 2 is 1.78 bits per heavy atom. The van der Waals surface area contributed by atoms with Gasteiger partial charge < -0.3 is 15.1 Å². The van der Waals surface area contributed by atoms with Crippen molar-refractivity contribution in [1.29, 1.82) is 0 Å². The van der Waals surface area contributed by atoms with Crippen LogP contribution in [0.15, 0.2) is 35.5 Å². The maximum Gasteiger partial charge on any atom is 0.254 e. The maximum atomic E-state index is 13.2. The van der Waals surface area contributed by atoms with Gasteiger partial charge in [0.1, 0.15) is 11.0 Å². The Kier molecular flexibility index (Phi) is 9.01. The highest BCUT2D eigenvalue weighted by Gasteiger charge is 2.29. The smallest absolute Gasteiger partial charge is 0.254 e. The van der Waals surface area contributed by atoms with Crippen LogP contribution >= 0.6 is 23.4 Å². The minimum Gasteiger partial charge on any atom is -0.353 e. The number of hydrogen-bond donors (Lipinski definition) is 1. The van der Waals surface area contributed by atoms with E-state index in [0.29, 0.717) is 35.5 Å². The van der Waals surface area contributed by atoms with E-state index in [1.165, 1.54) is 36.6 Å². The lowest BCUT2D eigenvalue weighted by Crippen LogP contribution is -2.54. The zero-order valence-corrected chi connectivity index (χ0v) is 23.9. The Morgan fingerprint density at radius 3 is 2.43 bits per heavy atom. The number of halogens is 1. The van der Waals surface area contributed by atoms with Crippen LogP contribution in [-0.2, 0) is 10.2 Å². The van der Waals surface area contributed by atoms with Gasteiger partial charge >= 0.3 is 0 Å². The number of thioether (sulfide) groups is 1. The predicted molar refractivity (Wildman–Crippen MR) is 151 cm³/mol. The fourth-order valence-electron chi connectivity index (χ4n) is 5.00. The number of hydrogen-bond acceptors (Lipinski definition) is 6. The topological polar surface area (TPSA) is 78.4 Å². The van der Waals surface area contributed by atoms with E-state index >= 15 is 0 Å². The molecule has 1 atom stereocenters. The van der Waals surface area contributed by atoms with E-state index in [9.17, 15) is 9.59 Å². The van der Waals surface area contributed by atoms with Crippen molar-refractivity contribution in [3.8, 4) is 0 Å². The highest BCUT2D eigenvalue weighted by atomic mass is 35.5. The second kappa shape index (κ2) is 12.0. The summed E-state index contributed by atoms with van der Waals surface area (Å²) in [6.45, 7) is 10.4. The van der Waals surface area contributed by atoms with Crippen LogP contribution in [0.1, 0.15) is 75.7 Å². The van der Waals surface area contributed by atoms with Crippen LogP contribution < -0.4 is 10.2 Å². The van der Waals surface area contributed by atoms with E-state index in [1.54, 1.807) is 6.07 Å². The van der Waals surface area contributed by atoms with Crippen LogP contribution in [0, 0.1) is 0 Å². The van der Waals surface area contributed by atoms with Gasteiger partial charge in [-0.15, -0.1) is 0 Å². The summed E-state index contributed by atoms with van der Waals surface area (Å²) in [4.78, 5) is 38.7. The molecule has 1 aromatic carbocycles. The second-order valence-corrected chi connectivity index (χ2v) is 12.5. The third kappa shape index (κ3) is 7.38. The molecule has 1 unspecified atom stereocenters. The first-order valence-corrected chi connectivity index (χ1v) is 14.6. The predicted octanol–water partition coefficient (Wildman–Crippen LogP) is 5.32. The van der Waals surface area contributed by atoms with Crippen molar-refractivity contribution in [2.45, 2.75) is 82.5 Å². The van der Waals surface area contributed by atoms with E-state index in [2.05, 4.69) is 47.9 Å². The molecule has 200 valence electrons. The number of carbonyl (C=O) groups is 2. The summed E-state index contributed by atoms with van der Waals surface area (Å²) in [6.07, 6.45) is 5.73. The Hall–Kier alpha value is -2.32. The number of rotatable bonds is 6. The lowest BCUT2D eigenvalue weighted by Gasteiger charge is -2.40. The van der Waals surface area contributed by atoms with E-state index in [4.69, 9.17) is 11.6 Å². The SMILES string of the molecule is CC1CN(c2cc(Cl)nc(SCC(=O)NC3CCCCC3)n2)CCN1C(=O)c1ccc(C(C)(C)C)cc1. The monoisotopic (exact) mass is 543 g/mol. The largest absolute Gasteiger partial charge is 0.353 e. The van der Waals surface area contributed by atoms with Gasteiger partial charge in [-0.05, 0) is 42.9 Å². The summed E-state index contributed by atoms with van der Waals surface area (Å²) in [5, 5.41) is 3.97. The number of piperazine rings is 1. The summed E-state index contributed by atoms with van der Waals surface area (Å²) in [7, 11) is 0. The molecule has 2 amide bonds. The first-order valence-electron chi connectivity index (χ1n) is 13.2. The number of benzene rings is 1. The van der Waals surface area contributed by atoms with Crippen molar-refractivity contribution in [1.82, 2.24) is 20.2 Å². The van der Waals surface area contributed by atoms with Gasteiger partial charge in [0.05, 0.1) is 5.75 Å². The Labute approximate surface area is 229 Å². The van der Waals surface area contributed by atoms with Gasteiger partial charge in [0.2, 0.25) is 5.91 Å². The summed E-state index contributed by atoms with van der Waals surface area (Å²) in [5.74, 6) is 1.05. The average molecular weight is 544 g/mol. The average Bonchev–Trinajstić information content (AvgIpc) is 2.87. The lowest BCUT2D eigenvalue weighted by molar-refractivity contribution is -0.119. The number of amides is 2. The molecular weight excluding hydrogens is 506 g/mol. The van der Waals surface area contributed by atoms with Gasteiger partial charge in [-0.3, -0.25) is 9.59 Å². The van der Waals surface area contributed by atoms with E-state index in [-0.39, 0.29) is 35.1 Å². The van der Waals surface area contributed by atoms with Crippen molar-refractivity contribution in [2.75, 3.05) is 30.3 Å². The molecule has 2 aromatic rings. The van der Waals surface area contributed by atoms with E-state index in [1.807, 2.05) is 29.2 Å². The first kappa shape index (κ1) is 27.7. The Bertz CT molecular complexity index is 1100. The quantitative estimate of drug-likeness (QED) is 0.302. The Morgan fingerprint density at radius 1 is 1.08 bits per heavy atom. The molecule has 1 saturated heterocycles. The summed E-state index contributed by atoms with van der Waals surface area (Å²) >= 11 is 7.63. The zero-order valence-electron chi connectivity index (χ0n) is 22.3. The molecule has 0 bridgehead atoms. The zero-order chi connectivity index (χ0) is 26.6. The Balaban J connectivity index is 1.34. The fraction of sp³-hybridized carbons (Fsp3) is 0.571. The number of anilines is 1. The third-order valence-corrected chi connectivity index (χ3v) is 8.21. The standard InChI is InChI=1S/C28H38ClN5O2S/c1-19-17-33(14-15-34(19)26(36)20-10-12-21(13-11-20)28(2,3)4)24-16-23(29)31-27(32-24)37-18-25(35)30-22-8-6-5-7-9-22/h10-13,16,19,22H,5-9,14-15,17-18H2,1-4H3,(H,30,35). The molecule has 1 N–H and O–H groups in total. The van der Waals surface area contributed by atoms with Crippen LogP contribution in [0.25, 0.3) is 0 Å². The summed E-state index contributed by atoms with van der Waals surface area (Å²) in [6, 6.07) is 10.0. The highest BCUT2D eigenvalue weighted by Crippen LogP contribution is 2.26. The highest BCUT2D eigenvalue weighted by molar-refractivity contribution is 7.99. The van der Waals surface area contributed by atoms with Crippen molar-refractivity contribution < 1.29 is 9.59 Å². The minimum atomic E-state index is 0.00894. The number of carbonyl (C=O) groups excluding carboxylic acids is 2. The number of nitrogens with one attached hydrogen (secondary N) is 1. The summed E-state index contributed by atoms with van der Waals surface area (Å²) < 4.78 is 0. The molecule has 0 spiro atoms. The molecule has 1 saturated carbocycles. The van der Waals surface area contributed by atoms with Gasteiger partial charge in [-0.1, -0.05) is 75.5 Å².